The Bertz CT molecular complexity index is 1110. The lowest BCUT2D eigenvalue weighted by Crippen LogP contribution is -2.13. The molecular weight excluding hydrogens is 465 g/mol. The molecule has 0 atom stereocenters. The van der Waals surface area contributed by atoms with Gasteiger partial charge in [-0.1, -0.05) is 6.07 Å². The molecule has 0 saturated carbocycles. The molecule has 0 aliphatic rings. The van der Waals surface area contributed by atoms with Gasteiger partial charge < -0.3 is 15.0 Å². The zero-order valence-electron chi connectivity index (χ0n) is 15.4. The summed E-state index contributed by atoms with van der Waals surface area (Å²) in [7, 11) is 0. The Morgan fingerprint density at radius 1 is 1.18 bits per heavy atom. The van der Waals surface area contributed by atoms with Gasteiger partial charge >= 0.3 is 0 Å². The number of phenolic OH excluding ortho intramolecular Hbond substituents is 1. The van der Waals surface area contributed by atoms with Crippen molar-refractivity contribution in [2.24, 2.45) is 0 Å². The van der Waals surface area contributed by atoms with E-state index in [1.165, 1.54) is 12.1 Å². The molecule has 5 nitrogen and oxygen atoms in total. The molecule has 1 heterocycles. The van der Waals surface area contributed by atoms with E-state index in [-0.39, 0.29) is 11.3 Å². The summed E-state index contributed by atoms with van der Waals surface area (Å²) in [6, 6.07) is 18.2. The van der Waals surface area contributed by atoms with Gasteiger partial charge in [0.1, 0.15) is 17.4 Å². The van der Waals surface area contributed by atoms with E-state index < -0.39 is 5.91 Å². The van der Waals surface area contributed by atoms with Gasteiger partial charge in [-0.15, -0.1) is 0 Å². The molecule has 3 aromatic rings. The van der Waals surface area contributed by atoms with Gasteiger partial charge in [-0.3, -0.25) is 4.79 Å². The van der Waals surface area contributed by atoms with Crippen LogP contribution in [0.25, 0.3) is 11.8 Å². The summed E-state index contributed by atoms with van der Waals surface area (Å²) in [6.07, 6.45) is 1.60. The molecule has 0 bridgehead atoms. The Morgan fingerprint density at radius 3 is 2.54 bits per heavy atom. The van der Waals surface area contributed by atoms with Crippen molar-refractivity contribution in [2.75, 3.05) is 5.32 Å². The second-order valence-electron chi connectivity index (χ2n) is 6.31. The van der Waals surface area contributed by atoms with E-state index in [1.54, 1.807) is 18.2 Å². The maximum atomic E-state index is 12.5. The van der Waals surface area contributed by atoms with E-state index in [9.17, 15) is 15.2 Å². The number of aryl methyl sites for hydroxylation is 1. The molecule has 28 heavy (non-hydrogen) atoms. The van der Waals surface area contributed by atoms with Crippen LogP contribution in [0.5, 0.6) is 5.75 Å². The van der Waals surface area contributed by atoms with Gasteiger partial charge in [0.15, 0.2) is 0 Å². The summed E-state index contributed by atoms with van der Waals surface area (Å²) in [5.41, 5.74) is 4.33. The fourth-order valence-corrected chi connectivity index (χ4v) is 3.52. The first-order chi connectivity index (χ1) is 13.4. The highest BCUT2D eigenvalue weighted by Crippen LogP contribution is 2.24. The zero-order valence-corrected chi connectivity index (χ0v) is 17.6. The van der Waals surface area contributed by atoms with Crippen molar-refractivity contribution in [1.29, 1.82) is 5.26 Å². The van der Waals surface area contributed by atoms with Crippen LogP contribution in [0, 0.1) is 28.7 Å². The molecule has 0 fully saturated rings. The Hall–Kier alpha value is -3.05. The third-order valence-electron chi connectivity index (χ3n) is 4.33. The highest BCUT2D eigenvalue weighted by molar-refractivity contribution is 14.1. The predicted molar refractivity (Wildman–Crippen MR) is 118 cm³/mol. The van der Waals surface area contributed by atoms with Crippen LogP contribution in [0.3, 0.4) is 0 Å². The number of carbonyl (C=O) groups excluding carboxylic acids is 1. The normalized spacial score (nSPS) is 11.1. The van der Waals surface area contributed by atoms with Gasteiger partial charge in [-0.2, -0.15) is 5.26 Å². The average molecular weight is 483 g/mol. The van der Waals surface area contributed by atoms with E-state index in [0.29, 0.717) is 5.69 Å². The van der Waals surface area contributed by atoms with Crippen LogP contribution in [0.2, 0.25) is 0 Å². The van der Waals surface area contributed by atoms with Crippen LogP contribution in [-0.2, 0) is 4.79 Å². The molecule has 0 spiro atoms. The summed E-state index contributed by atoms with van der Waals surface area (Å²) in [5.74, 6) is -0.385. The molecular formula is C22H18IN3O2. The van der Waals surface area contributed by atoms with E-state index in [2.05, 4.69) is 38.5 Å². The number of benzene rings is 2. The molecule has 2 N–H and O–H groups in total. The number of halogens is 1. The predicted octanol–water partition coefficient (Wildman–Crippen LogP) is 4.95. The van der Waals surface area contributed by atoms with Gasteiger partial charge in [0.05, 0.1) is 0 Å². The summed E-state index contributed by atoms with van der Waals surface area (Å²) in [4.78, 5) is 12.5. The third kappa shape index (κ3) is 4.26. The highest BCUT2D eigenvalue weighted by atomic mass is 127. The van der Waals surface area contributed by atoms with Crippen molar-refractivity contribution in [3.05, 3.63) is 80.7 Å². The topological polar surface area (TPSA) is 78.1 Å². The van der Waals surface area contributed by atoms with Gasteiger partial charge in [0.2, 0.25) is 0 Å². The van der Waals surface area contributed by atoms with Gasteiger partial charge in [-0.25, -0.2) is 0 Å². The average Bonchev–Trinajstić information content (AvgIpc) is 2.94. The largest absolute Gasteiger partial charge is 0.508 e. The van der Waals surface area contributed by atoms with Gasteiger partial charge in [-0.05, 0) is 96.6 Å². The first-order valence-corrected chi connectivity index (χ1v) is 9.64. The maximum Gasteiger partial charge on any atom is 0.266 e. The molecule has 6 heteroatoms. The van der Waals surface area contributed by atoms with Crippen LogP contribution < -0.4 is 5.32 Å². The van der Waals surface area contributed by atoms with Crippen LogP contribution >= 0.6 is 22.6 Å². The van der Waals surface area contributed by atoms with Crippen molar-refractivity contribution < 1.29 is 9.90 Å². The molecule has 0 saturated heterocycles. The molecule has 140 valence electrons. The number of aromatic hydroxyl groups is 1. The lowest BCUT2D eigenvalue weighted by atomic mass is 10.1. The number of nitrogens with one attached hydrogen (secondary N) is 1. The number of rotatable bonds is 4. The molecule has 0 unspecified atom stereocenters. The number of phenols is 1. The van der Waals surface area contributed by atoms with Crippen molar-refractivity contribution >= 4 is 40.3 Å². The van der Waals surface area contributed by atoms with Crippen LogP contribution in [0.15, 0.2) is 60.2 Å². The van der Waals surface area contributed by atoms with Crippen molar-refractivity contribution in [1.82, 2.24) is 4.57 Å². The van der Waals surface area contributed by atoms with Crippen LogP contribution in [0.1, 0.15) is 17.0 Å². The van der Waals surface area contributed by atoms with Crippen molar-refractivity contribution in [2.45, 2.75) is 13.8 Å². The molecule has 0 radical (unpaired) electrons. The Morgan fingerprint density at radius 2 is 1.89 bits per heavy atom. The van der Waals surface area contributed by atoms with E-state index in [1.807, 2.05) is 44.2 Å². The van der Waals surface area contributed by atoms with Crippen molar-refractivity contribution in [3.63, 3.8) is 0 Å². The molecule has 1 aromatic heterocycles. The van der Waals surface area contributed by atoms with E-state index >= 15 is 0 Å². The molecule has 0 aliphatic heterocycles. The first-order valence-electron chi connectivity index (χ1n) is 8.56. The number of carbonyl (C=O) groups is 1. The van der Waals surface area contributed by atoms with E-state index in [0.717, 1.165) is 26.2 Å². The quantitative estimate of drug-likeness (QED) is 0.239. The van der Waals surface area contributed by atoms with Crippen LogP contribution in [-0.4, -0.2) is 15.6 Å². The second kappa shape index (κ2) is 8.31. The standard InChI is InChI=1S/C22H18IN3O2/c1-14-10-16(15(2)26(14)20-5-3-4-18(23)12-20)11-17(13-24)22(28)25-19-6-8-21(27)9-7-19/h3-12,27H,1-2H3,(H,25,28). The summed E-state index contributed by atoms with van der Waals surface area (Å²) in [5, 5.41) is 21.5. The monoisotopic (exact) mass is 483 g/mol. The SMILES string of the molecule is Cc1cc(C=C(C#N)C(=O)Nc2ccc(O)cc2)c(C)n1-c1cccc(I)c1. The zero-order chi connectivity index (χ0) is 20.3. The number of nitrogens with zero attached hydrogens (tertiary/aromatic N) is 2. The van der Waals surface area contributed by atoms with Crippen LogP contribution in [0.4, 0.5) is 5.69 Å². The fourth-order valence-electron chi connectivity index (χ4n) is 2.99. The Labute approximate surface area is 177 Å². The summed E-state index contributed by atoms with van der Waals surface area (Å²) >= 11 is 2.27. The Kier molecular flexibility index (Phi) is 5.85. The van der Waals surface area contributed by atoms with Gasteiger partial charge in [0, 0.05) is 26.3 Å². The molecule has 0 aliphatic carbocycles. The minimum absolute atomic E-state index is 0.0102. The molecule has 3 rings (SSSR count). The lowest BCUT2D eigenvalue weighted by Gasteiger charge is -2.10. The minimum atomic E-state index is -0.493. The second-order valence-corrected chi connectivity index (χ2v) is 7.56. The number of nitriles is 1. The third-order valence-corrected chi connectivity index (χ3v) is 5.00. The maximum absolute atomic E-state index is 12.5. The lowest BCUT2D eigenvalue weighted by molar-refractivity contribution is -0.112. The number of amides is 1. The molecule has 1 amide bonds. The van der Waals surface area contributed by atoms with Crippen molar-refractivity contribution in [3.8, 4) is 17.5 Å². The highest BCUT2D eigenvalue weighted by Gasteiger charge is 2.14. The Balaban J connectivity index is 1.93. The smallest absolute Gasteiger partial charge is 0.266 e. The summed E-state index contributed by atoms with van der Waals surface area (Å²) in [6.45, 7) is 3.96. The minimum Gasteiger partial charge on any atom is -0.508 e. The molecule has 2 aromatic carbocycles. The summed E-state index contributed by atoms with van der Waals surface area (Å²) < 4.78 is 3.23. The first kappa shape index (κ1) is 19.7. The van der Waals surface area contributed by atoms with E-state index in [4.69, 9.17) is 0 Å². The van der Waals surface area contributed by atoms with Gasteiger partial charge in [0.25, 0.3) is 5.91 Å². The number of hydrogen-bond acceptors (Lipinski definition) is 3. The number of hydrogen-bond donors (Lipinski definition) is 2. The fraction of sp³-hybridized carbons (Fsp3) is 0.0909. The number of anilines is 1. The number of aromatic nitrogens is 1.